The topological polar surface area (TPSA) is 66.1 Å². The molecule has 0 saturated carbocycles. The van der Waals surface area contributed by atoms with Gasteiger partial charge in [0.05, 0.1) is 0 Å². The van der Waals surface area contributed by atoms with Gasteiger partial charge in [-0.05, 0) is 24.6 Å². The van der Waals surface area contributed by atoms with Crippen LogP contribution in [0, 0.1) is 6.92 Å². The molecule has 2 aromatic rings. The van der Waals surface area contributed by atoms with Crippen LogP contribution in [0.5, 0.6) is 0 Å². The summed E-state index contributed by atoms with van der Waals surface area (Å²) in [5.41, 5.74) is 1.75. The lowest BCUT2D eigenvalue weighted by molar-refractivity contribution is 0.0784. The van der Waals surface area contributed by atoms with E-state index in [1.165, 1.54) is 6.07 Å². The van der Waals surface area contributed by atoms with E-state index >= 15 is 0 Å². The summed E-state index contributed by atoms with van der Waals surface area (Å²) in [5.74, 6) is -0.182. The van der Waals surface area contributed by atoms with Crippen molar-refractivity contribution in [3.8, 4) is 0 Å². The highest BCUT2D eigenvalue weighted by Gasteiger charge is 2.13. The van der Waals surface area contributed by atoms with Crippen LogP contribution in [0.15, 0.2) is 41.5 Å². The molecule has 5 heteroatoms. The van der Waals surface area contributed by atoms with Gasteiger partial charge in [0.15, 0.2) is 0 Å². The average molecular weight is 257 g/mol. The second-order valence-electron chi connectivity index (χ2n) is 4.44. The third-order valence-electron chi connectivity index (χ3n) is 2.72. The first-order chi connectivity index (χ1) is 9.06. The van der Waals surface area contributed by atoms with Crippen LogP contribution in [0.1, 0.15) is 21.6 Å². The second-order valence-corrected chi connectivity index (χ2v) is 4.44. The second kappa shape index (κ2) is 5.48. The summed E-state index contributed by atoms with van der Waals surface area (Å²) >= 11 is 0. The van der Waals surface area contributed by atoms with Crippen LogP contribution in [0.25, 0.3) is 0 Å². The van der Waals surface area contributed by atoms with Crippen molar-refractivity contribution >= 4 is 5.91 Å². The standard InChI is InChI=1S/C14H15N3O2/c1-10-6-12(7-13(18)16-10)14(19)17(2)9-11-4-3-5-15-8-11/h3-8H,9H2,1-2H3,(H,16,18). The van der Waals surface area contributed by atoms with Crippen LogP contribution in [-0.2, 0) is 6.54 Å². The molecule has 2 aromatic heterocycles. The molecule has 0 saturated heterocycles. The molecule has 0 unspecified atom stereocenters. The van der Waals surface area contributed by atoms with E-state index in [2.05, 4.69) is 9.97 Å². The van der Waals surface area contributed by atoms with E-state index in [0.29, 0.717) is 17.8 Å². The number of carbonyl (C=O) groups is 1. The molecule has 0 spiro atoms. The Morgan fingerprint density at radius 1 is 1.42 bits per heavy atom. The number of aryl methyl sites for hydroxylation is 1. The first kappa shape index (κ1) is 13.0. The van der Waals surface area contributed by atoms with E-state index < -0.39 is 0 Å². The highest BCUT2D eigenvalue weighted by Crippen LogP contribution is 2.06. The van der Waals surface area contributed by atoms with Crippen LogP contribution in [0.3, 0.4) is 0 Å². The molecule has 0 aliphatic carbocycles. The van der Waals surface area contributed by atoms with Crippen molar-refractivity contribution in [2.75, 3.05) is 7.05 Å². The molecule has 0 fully saturated rings. The summed E-state index contributed by atoms with van der Waals surface area (Å²) in [6.45, 7) is 2.21. The normalized spacial score (nSPS) is 10.2. The number of hydrogen-bond acceptors (Lipinski definition) is 3. The molecule has 5 nitrogen and oxygen atoms in total. The summed E-state index contributed by atoms with van der Waals surface area (Å²) in [6, 6.07) is 6.71. The Labute approximate surface area is 110 Å². The highest BCUT2D eigenvalue weighted by atomic mass is 16.2. The van der Waals surface area contributed by atoms with Gasteiger partial charge in [0.2, 0.25) is 5.56 Å². The minimum absolute atomic E-state index is 0.182. The van der Waals surface area contributed by atoms with Crippen molar-refractivity contribution in [1.82, 2.24) is 14.9 Å². The number of pyridine rings is 2. The zero-order chi connectivity index (χ0) is 13.8. The summed E-state index contributed by atoms with van der Waals surface area (Å²) in [4.78, 5) is 31.7. The minimum Gasteiger partial charge on any atom is -0.337 e. The quantitative estimate of drug-likeness (QED) is 0.902. The number of amides is 1. The first-order valence-corrected chi connectivity index (χ1v) is 5.91. The molecule has 2 heterocycles. The van der Waals surface area contributed by atoms with Crippen molar-refractivity contribution < 1.29 is 4.79 Å². The first-order valence-electron chi connectivity index (χ1n) is 5.91. The molecule has 0 aromatic carbocycles. The van der Waals surface area contributed by atoms with Crippen molar-refractivity contribution in [1.29, 1.82) is 0 Å². The van der Waals surface area contributed by atoms with Gasteiger partial charge in [0.25, 0.3) is 5.91 Å². The van der Waals surface area contributed by atoms with Crippen LogP contribution in [0.4, 0.5) is 0 Å². The summed E-state index contributed by atoms with van der Waals surface area (Å²) in [5, 5.41) is 0. The van der Waals surface area contributed by atoms with E-state index in [0.717, 1.165) is 5.56 Å². The number of nitrogens with one attached hydrogen (secondary N) is 1. The molecule has 0 atom stereocenters. The van der Waals surface area contributed by atoms with Crippen LogP contribution >= 0.6 is 0 Å². The van der Waals surface area contributed by atoms with Gasteiger partial charge in [-0.25, -0.2) is 0 Å². The average Bonchev–Trinajstić information content (AvgIpc) is 2.37. The summed E-state index contributed by atoms with van der Waals surface area (Å²) < 4.78 is 0. The molecule has 2 rings (SSSR count). The van der Waals surface area contributed by atoms with Gasteiger partial charge >= 0.3 is 0 Å². The lowest BCUT2D eigenvalue weighted by atomic mass is 10.2. The third kappa shape index (κ3) is 3.28. The number of rotatable bonds is 3. The fourth-order valence-corrected chi connectivity index (χ4v) is 1.86. The molecular formula is C14H15N3O2. The zero-order valence-electron chi connectivity index (χ0n) is 10.9. The number of aromatic nitrogens is 2. The number of hydrogen-bond donors (Lipinski definition) is 1. The summed E-state index contributed by atoms with van der Waals surface area (Å²) in [6.07, 6.45) is 3.40. The van der Waals surface area contributed by atoms with Gasteiger partial charge in [-0.3, -0.25) is 14.6 Å². The fraction of sp³-hybridized carbons (Fsp3) is 0.214. The Bertz CT molecular complexity index is 635. The van der Waals surface area contributed by atoms with Crippen molar-refractivity contribution in [3.63, 3.8) is 0 Å². The molecule has 0 radical (unpaired) electrons. The maximum atomic E-state index is 12.2. The van der Waals surface area contributed by atoms with Crippen LogP contribution in [-0.4, -0.2) is 27.8 Å². The van der Waals surface area contributed by atoms with Crippen molar-refractivity contribution in [2.45, 2.75) is 13.5 Å². The van der Waals surface area contributed by atoms with Gasteiger partial charge in [0, 0.05) is 43.3 Å². The summed E-state index contributed by atoms with van der Waals surface area (Å²) in [7, 11) is 1.70. The maximum Gasteiger partial charge on any atom is 0.254 e. The molecule has 19 heavy (non-hydrogen) atoms. The van der Waals surface area contributed by atoms with Crippen LogP contribution in [0.2, 0.25) is 0 Å². The fourth-order valence-electron chi connectivity index (χ4n) is 1.86. The van der Waals surface area contributed by atoms with Gasteiger partial charge in [-0.2, -0.15) is 0 Å². The zero-order valence-corrected chi connectivity index (χ0v) is 10.9. The van der Waals surface area contributed by atoms with Crippen molar-refractivity contribution in [3.05, 3.63) is 63.8 Å². The van der Waals surface area contributed by atoms with Gasteiger partial charge in [0.1, 0.15) is 0 Å². The Morgan fingerprint density at radius 2 is 2.21 bits per heavy atom. The SMILES string of the molecule is Cc1cc(C(=O)N(C)Cc2cccnc2)cc(=O)[nH]1. The number of aromatic amines is 1. The molecule has 1 N–H and O–H groups in total. The Hall–Kier alpha value is -2.43. The lowest BCUT2D eigenvalue weighted by Crippen LogP contribution is -2.27. The van der Waals surface area contributed by atoms with Crippen molar-refractivity contribution in [2.24, 2.45) is 0 Å². The van der Waals surface area contributed by atoms with E-state index in [1.807, 2.05) is 12.1 Å². The Balaban J connectivity index is 2.17. The lowest BCUT2D eigenvalue weighted by Gasteiger charge is -2.17. The molecular weight excluding hydrogens is 242 g/mol. The smallest absolute Gasteiger partial charge is 0.254 e. The highest BCUT2D eigenvalue weighted by molar-refractivity contribution is 5.94. The minimum atomic E-state index is -0.266. The Kier molecular flexibility index (Phi) is 3.75. The molecule has 0 bridgehead atoms. The number of H-pyrrole nitrogens is 1. The van der Waals surface area contributed by atoms with E-state index in [9.17, 15) is 9.59 Å². The van der Waals surface area contributed by atoms with Gasteiger partial charge in [-0.15, -0.1) is 0 Å². The predicted molar refractivity (Wildman–Crippen MR) is 71.8 cm³/mol. The predicted octanol–water partition coefficient (Wildman–Crippen LogP) is 1.35. The van der Waals surface area contributed by atoms with Crippen LogP contribution < -0.4 is 5.56 Å². The molecule has 0 aliphatic rings. The number of nitrogens with zero attached hydrogens (tertiary/aromatic N) is 2. The monoisotopic (exact) mass is 257 g/mol. The van der Waals surface area contributed by atoms with E-state index in [4.69, 9.17) is 0 Å². The van der Waals surface area contributed by atoms with E-state index in [-0.39, 0.29) is 11.5 Å². The largest absolute Gasteiger partial charge is 0.337 e. The van der Waals surface area contributed by atoms with E-state index in [1.54, 1.807) is 37.3 Å². The van der Waals surface area contributed by atoms with Gasteiger partial charge in [-0.1, -0.05) is 6.07 Å². The number of carbonyl (C=O) groups excluding carboxylic acids is 1. The third-order valence-corrected chi connectivity index (χ3v) is 2.72. The maximum absolute atomic E-state index is 12.2. The molecule has 0 aliphatic heterocycles. The Morgan fingerprint density at radius 3 is 2.84 bits per heavy atom. The van der Waals surface area contributed by atoms with Gasteiger partial charge < -0.3 is 9.88 Å². The molecule has 1 amide bonds. The molecule has 98 valence electrons.